The Labute approximate surface area is 115 Å². The third-order valence-corrected chi connectivity index (χ3v) is 3.49. The predicted octanol–water partition coefficient (Wildman–Crippen LogP) is 1.63. The van der Waals surface area contributed by atoms with Crippen LogP contribution in [0.4, 0.5) is 13.2 Å². The summed E-state index contributed by atoms with van der Waals surface area (Å²) in [5, 5.41) is 6.93. The van der Waals surface area contributed by atoms with Crippen LogP contribution in [0.5, 0.6) is 0 Å². The Balaban J connectivity index is 2.07. The van der Waals surface area contributed by atoms with Crippen LogP contribution in [0.2, 0.25) is 0 Å². The highest BCUT2D eigenvalue weighted by Gasteiger charge is 2.39. The van der Waals surface area contributed by atoms with Gasteiger partial charge in [0.15, 0.2) is 0 Å². The summed E-state index contributed by atoms with van der Waals surface area (Å²) in [6.45, 7) is 5.82. The van der Waals surface area contributed by atoms with E-state index in [2.05, 4.69) is 17.1 Å². The Morgan fingerprint density at radius 1 is 1.25 bits per heavy atom. The van der Waals surface area contributed by atoms with Crippen LogP contribution < -0.4 is 5.73 Å². The monoisotopic (exact) mass is 291 g/mol. The average Bonchev–Trinajstić information content (AvgIpc) is 2.70. The van der Waals surface area contributed by atoms with E-state index < -0.39 is 12.0 Å². The summed E-state index contributed by atoms with van der Waals surface area (Å²) in [6.07, 6.45) is -2.59. The van der Waals surface area contributed by atoms with Crippen molar-refractivity contribution in [2.45, 2.75) is 51.5 Å². The maximum atomic E-state index is 12.7. The number of nitrogens with zero attached hydrogens (tertiary/aromatic N) is 4. The van der Waals surface area contributed by atoms with Crippen molar-refractivity contribution in [2.24, 2.45) is 5.73 Å². The third kappa shape index (κ3) is 3.29. The molecule has 1 atom stereocenters. The van der Waals surface area contributed by atoms with Crippen LogP contribution in [0.25, 0.3) is 0 Å². The van der Waals surface area contributed by atoms with Crippen LogP contribution in [0.1, 0.15) is 38.3 Å². The van der Waals surface area contributed by atoms with Gasteiger partial charge in [-0.2, -0.15) is 13.2 Å². The number of aromatic nitrogens is 3. The first kappa shape index (κ1) is 15.2. The van der Waals surface area contributed by atoms with Gasteiger partial charge in [0, 0.05) is 25.2 Å². The molecule has 0 aromatic carbocycles. The number of hydrogen-bond donors (Lipinski definition) is 1. The molecule has 114 valence electrons. The molecule has 1 unspecified atom stereocenters. The fourth-order valence-electron chi connectivity index (χ4n) is 2.71. The van der Waals surface area contributed by atoms with Crippen LogP contribution >= 0.6 is 0 Å². The zero-order valence-electron chi connectivity index (χ0n) is 11.7. The number of alkyl halides is 3. The molecule has 8 heteroatoms. The molecule has 2 heterocycles. The minimum atomic E-state index is -4.45. The molecule has 1 aromatic heterocycles. The number of halogens is 3. The molecule has 0 radical (unpaired) electrons. The molecule has 0 spiro atoms. The lowest BCUT2D eigenvalue weighted by atomic mass is 9.96. The van der Waals surface area contributed by atoms with Crippen molar-refractivity contribution in [1.29, 1.82) is 0 Å². The van der Waals surface area contributed by atoms with Gasteiger partial charge in [-0.05, 0) is 13.3 Å². The topological polar surface area (TPSA) is 60.0 Å². The van der Waals surface area contributed by atoms with Gasteiger partial charge in [-0.15, -0.1) is 10.2 Å². The number of rotatable bonds is 4. The van der Waals surface area contributed by atoms with Gasteiger partial charge >= 0.3 is 6.18 Å². The van der Waals surface area contributed by atoms with Gasteiger partial charge in [0.25, 0.3) is 0 Å². The molecule has 2 N–H and O–H groups in total. The van der Waals surface area contributed by atoms with E-state index in [-0.39, 0.29) is 12.1 Å². The van der Waals surface area contributed by atoms with Gasteiger partial charge in [-0.25, -0.2) is 0 Å². The zero-order valence-corrected chi connectivity index (χ0v) is 11.7. The second kappa shape index (κ2) is 5.33. The Hall–Kier alpha value is -1.15. The summed E-state index contributed by atoms with van der Waals surface area (Å²) in [6, 6.07) is 0. The van der Waals surface area contributed by atoms with E-state index in [0.29, 0.717) is 25.5 Å². The molecule has 1 aliphatic heterocycles. The van der Waals surface area contributed by atoms with Crippen LogP contribution in [-0.4, -0.2) is 38.3 Å². The van der Waals surface area contributed by atoms with Gasteiger partial charge in [0.05, 0.1) is 6.54 Å². The lowest BCUT2D eigenvalue weighted by Gasteiger charge is -2.34. The van der Waals surface area contributed by atoms with E-state index in [9.17, 15) is 13.2 Å². The molecule has 5 nitrogen and oxygen atoms in total. The predicted molar refractivity (Wildman–Crippen MR) is 67.8 cm³/mol. The first-order valence-corrected chi connectivity index (χ1v) is 6.73. The minimum absolute atomic E-state index is 0.249. The molecule has 1 aromatic rings. The molecule has 0 bridgehead atoms. The van der Waals surface area contributed by atoms with Gasteiger partial charge in [-0.1, -0.05) is 13.3 Å². The highest BCUT2D eigenvalue weighted by atomic mass is 19.4. The molecular formula is C12H20F3N5. The highest BCUT2D eigenvalue weighted by molar-refractivity contribution is 5.02. The summed E-state index contributed by atoms with van der Waals surface area (Å²) in [5.74, 6) is -0.549. The lowest BCUT2D eigenvalue weighted by Crippen LogP contribution is -2.49. The molecule has 1 aliphatic rings. The van der Waals surface area contributed by atoms with Crippen LogP contribution in [0, 0.1) is 0 Å². The average molecular weight is 291 g/mol. The van der Waals surface area contributed by atoms with Gasteiger partial charge in [0.2, 0.25) is 5.82 Å². The van der Waals surface area contributed by atoms with Crippen molar-refractivity contribution in [3.8, 4) is 0 Å². The summed E-state index contributed by atoms with van der Waals surface area (Å²) in [7, 11) is 0. The molecule has 0 amide bonds. The molecular weight excluding hydrogens is 271 g/mol. The van der Waals surface area contributed by atoms with Crippen LogP contribution in [0.3, 0.4) is 0 Å². The fourth-order valence-corrected chi connectivity index (χ4v) is 2.71. The van der Waals surface area contributed by atoms with Crippen molar-refractivity contribution in [2.75, 3.05) is 13.1 Å². The fraction of sp³-hybridized carbons (Fsp3) is 0.833. The Morgan fingerprint density at radius 3 is 2.55 bits per heavy atom. The molecule has 20 heavy (non-hydrogen) atoms. The van der Waals surface area contributed by atoms with Crippen molar-refractivity contribution < 1.29 is 13.2 Å². The van der Waals surface area contributed by atoms with Crippen LogP contribution in [0.15, 0.2) is 0 Å². The number of hydrogen-bond acceptors (Lipinski definition) is 4. The quantitative estimate of drug-likeness (QED) is 0.916. The van der Waals surface area contributed by atoms with E-state index >= 15 is 0 Å². The van der Waals surface area contributed by atoms with Crippen molar-refractivity contribution in [1.82, 2.24) is 19.7 Å². The van der Waals surface area contributed by atoms with Crippen LogP contribution in [-0.2, 0) is 19.3 Å². The maximum absolute atomic E-state index is 12.7. The molecule has 0 aliphatic carbocycles. The summed E-state index contributed by atoms with van der Waals surface area (Å²) < 4.78 is 39.3. The second-order valence-corrected chi connectivity index (χ2v) is 5.70. The zero-order chi connectivity index (χ0) is 15.0. The van der Waals surface area contributed by atoms with E-state index in [1.165, 1.54) is 0 Å². The molecule has 2 rings (SSSR count). The Morgan fingerprint density at radius 2 is 1.95 bits per heavy atom. The number of nitrogens with two attached hydrogens (primary N) is 1. The minimum Gasteiger partial charge on any atom is -0.324 e. The summed E-state index contributed by atoms with van der Waals surface area (Å²) in [5.41, 5.74) is 5.86. The van der Waals surface area contributed by atoms with E-state index in [1.807, 2.05) is 11.8 Å². The molecule has 0 fully saturated rings. The largest absolute Gasteiger partial charge is 0.451 e. The maximum Gasteiger partial charge on any atom is 0.451 e. The normalized spacial score (nSPS) is 19.7. The highest BCUT2D eigenvalue weighted by Crippen LogP contribution is 2.29. The Bertz CT molecular complexity index is 466. The van der Waals surface area contributed by atoms with Crippen molar-refractivity contribution in [3.05, 3.63) is 11.6 Å². The van der Waals surface area contributed by atoms with Crippen molar-refractivity contribution in [3.63, 3.8) is 0 Å². The lowest BCUT2D eigenvalue weighted by molar-refractivity contribution is -0.148. The summed E-state index contributed by atoms with van der Waals surface area (Å²) >= 11 is 0. The summed E-state index contributed by atoms with van der Waals surface area (Å²) in [4.78, 5) is 2.04. The molecule has 0 saturated carbocycles. The first-order chi connectivity index (χ1) is 9.23. The van der Waals surface area contributed by atoms with E-state index in [4.69, 9.17) is 5.73 Å². The van der Waals surface area contributed by atoms with Gasteiger partial charge in [-0.3, -0.25) is 4.90 Å². The Kier molecular flexibility index (Phi) is 4.06. The molecule has 0 saturated heterocycles. The standard InChI is InChI=1S/C12H20F3N5/c1-3-4-11(2,16)8-19-5-6-20-9(7-19)17-18-10(20)12(13,14)15/h3-8,16H2,1-2H3. The van der Waals surface area contributed by atoms with E-state index in [1.54, 1.807) is 0 Å². The van der Waals surface area contributed by atoms with Crippen molar-refractivity contribution >= 4 is 0 Å². The SMILES string of the molecule is CCCC(C)(N)CN1CCn2c(nnc2C(F)(F)F)C1. The van der Waals surface area contributed by atoms with Gasteiger partial charge < -0.3 is 10.3 Å². The number of fused-ring (bicyclic) bond motifs is 1. The van der Waals surface area contributed by atoms with E-state index in [0.717, 1.165) is 17.4 Å². The smallest absolute Gasteiger partial charge is 0.324 e. The second-order valence-electron chi connectivity index (χ2n) is 5.70. The van der Waals surface area contributed by atoms with Gasteiger partial charge in [0.1, 0.15) is 5.82 Å². The third-order valence-electron chi connectivity index (χ3n) is 3.49. The first-order valence-electron chi connectivity index (χ1n) is 6.73.